The minimum atomic E-state index is -0.614. The highest BCUT2D eigenvalue weighted by molar-refractivity contribution is 7.80. The highest BCUT2D eigenvalue weighted by Gasteiger charge is 2.42. The number of nitrogens with one attached hydrogen (secondary N) is 1. The molecule has 2 aromatic carbocycles. The predicted molar refractivity (Wildman–Crippen MR) is 110 cm³/mol. The largest absolute Gasteiger partial charge is 0.332 e. The standard InChI is InChI=1S/C20H20ClN3O2S/c1-2-23-19(26)17(12-18(25)22-16-6-4-3-5-7-16)24(20(23)27)13-14-8-10-15(21)11-9-14/h3-11,17H,2,12-13H2,1H3,(H,22,25)/t17-/m0/s1. The lowest BCUT2D eigenvalue weighted by Gasteiger charge is -2.24. The molecular weight excluding hydrogens is 382 g/mol. The number of hydrogen-bond donors (Lipinski definition) is 1. The molecule has 1 heterocycles. The van der Waals surface area contributed by atoms with Crippen molar-refractivity contribution in [2.45, 2.75) is 25.9 Å². The molecule has 1 saturated heterocycles. The van der Waals surface area contributed by atoms with Gasteiger partial charge in [-0.05, 0) is 49.0 Å². The van der Waals surface area contributed by atoms with Crippen molar-refractivity contribution in [2.75, 3.05) is 11.9 Å². The molecule has 2 aromatic rings. The van der Waals surface area contributed by atoms with E-state index in [1.165, 1.54) is 0 Å². The van der Waals surface area contributed by atoms with Gasteiger partial charge in [-0.2, -0.15) is 0 Å². The number of thiocarbonyl (C=S) groups is 1. The zero-order valence-corrected chi connectivity index (χ0v) is 16.5. The van der Waals surface area contributed by atoms with Gasteiger partial charge in [-0.3, -0.25) is 14.5 Å². The topological polar surface area (TPSA) is 52.7 Å². The maximum Gasteiger partial charge on any atom is 0.252 e. The van der Waals surface area contributed by atoms with Crippen LogP contribution in [0.25, 0.3) is 0 Å². The monoisotopic (exact) mass is 401 g/mol. The molecule has 7 heteroatoms. The van der Waals surface area contributed by atoms with Crippen LogP contribution in [-0.4, -0.2) is 39.3 Å². The number of halogens is 1. The van der Waals surface area contributed by atoms with Crippen molar-refractivity contribution < 1.29 is 9.59 Å². The number of para-hydroxylation sites is 1. The van der Waals surface area contributed by atoms with Crippen molar-refractivity contribution in [1.82, 2.24) is 9.80 Å². The van der Waals surface area contributed by atoms with Gasteiger partial charge in [0.05, 0.1) is 6.42 Å². The summed E-state index contributed by atoms with van der Waals surface area (Å²) in [6.45, 7) is 2.80. The third kappa shape index (κ3) is 4.46. The van der Waals surface area contributed by atoms with E-state index in [1.54, 1.807) is 17.0 Å². The first-order valence-electron chi connectivity index (χ1n) is 8.71. The van der Waals surface area contributed by atoms with Crippen molar-refractivity contribution in [3.8, 4) is 0 Å². The number of amides is 2. The quantitative estimate of drug-likeness (QED) is 0.750. The molecule has 1 aliphatic heterocycles. The first-order chi connectivity index (χ1) is 13.0. The predicted octanol–water partition coefficient (Wildman–Crippen LogP) is 3.69. The van der Waals surface area contributed by atoms with E-state index in [0.29, 0.717) is 28.9 Å². The van der Waals surface area contributed by atoms with Gasteiger partial charge in [0.15, 0.2) is 5.11 Å². The third-order valence-electron chi connectivity index (χ3n) is 4.42. The van der Waals surface area contributed by atoms with Crippen molar-refractivity contribution in [2.24, 2.45) is 0 Å². The normalized spacial score (nSPS) is 16.7. The van der Waals surface area contributed by atoms with Crippen LogP contribution in [0.4, 0.5) is 5.69 Å². The van der Waals surface area contributed by atoms with Gasteiger partial charge in [-0.25, -0.2) is 0 Å². The summed E-state index contributed by atoms with van der Waals surface area (Å²) in [6, 6.07) is 16.0. The maximum atomic E-state index is 12.8. The fourth-order valence-corrected chi connectivity index (χ4v) is 3.59. The molecule has 1 fully saturated rings. The molecule has 0 aliphatic carbocycles. The summed E-state index contributed by atoms with van der Waals surface area (Å²) < 4.78 is 0. The molecule has 0 unspecified atom stereocenters. The van der Waals surface area contributed by atoms with Crippen LogP contribution in [0, 0.1) is 0 Å². The van der Waals surface area contributed by atoms with Crippen LogP contribution in [-0.2, 0) is 16.1 Å². The van der Waals surface area contributed by atoms with E-state index in [0.717, 1.165) is 5.56 Å². The fraction of sp³-hybridized carbons (Fsp3) is 0.250. The van der Waals surface area contributed by atoms with Crippen molar-refractivity contribution in [1.29, 1.82) is 0 Å². The molecule has 1 N–H and O–H groups in total. The molecule has 140 valence electrons. The molecule has 1 aliphatic rings. The molecular formula is C20H20ClN3O2S. The Morgan fingerprint density at radius 3 is 2.44 bits per heavy atom. The summed E-state index contributed by atoms with van der Waals surface area (Å²) in [5.41, 5.74) is 1.67. The van der Waals surface area contributed by atoms with Gasteiger partial charge in [0, 0.05) is 23.8 Å². The molecule has 27 heavy (non-hydrogen) atoms. The van der Waals surface area contributed by atoms with Gasteiger partial charge in [0.1, 0.15) is 6.04 Å². The van der Waals surface area contributed by atoms with Gasteiger partial charge in [0.25, 0.3) is 5.91 Å². The Kier molecular flexibility index (Phi) is 6.08. The van der Waals surface area contributed by atoms with Crippen LogP contribution in [0.15, 0.2) is 54.6 Å². The minimum absolute atomic E-state index is 0.0396. The average molecular weight is 402 g/mol. The zero-order valence-electron chi connectivity index (χ0n) is 14.9. The second-order valence-corrected chi connectivity index (χ2v) is 7.06. The number of benzene rings is 2. The summed E-state index contributed by atoms with van der Waals surface area (Å²) in [6.07, 6.45) is 0.0396. The average Bonchev–Trinajstić information content (AvgIpc) is 2.87. The van der Waals surface area contributed by atoms with E-state index in [1.807, 2.05) is 54.3 Å². The summed E-state index contributed by atoms with van der Waals surface area (Å²) in [4.78, 5) is 28.6. The summed E-state index contributed by atoms with van der Waals surface area (Å²) in [7, 11) is 0. The molecule has 0 saturated carbocycles. The van der Waals surface area contributed by atoms with Crippen LogP contribution in [0.3, 0.4) is 0 Å². The number of carbonyl (C=O) groups is 2. The smallest absolute Gasteiger partial charge is 0.252 e. The molecule has 2 amide bonds. The van der Waals surface area contributed by atoms with Crippen molar-refractivity contribution in [3.05, 3.63) is 65.2 Å². The first-order valence-corrected chi connectivity index (χ1v) is 9.49. The van der Waals surface area contributed by atoms with E-state index < -0.39 is 6.04 Å². The number of hydrogen-bond acceptors (Lipinski definition) is 3. The van der Waals surface area contributed by atoms with Crippen LogP contribution in [0.2, 0.25) is 5.02 Å². The maximum absolute atomic E-state index is 12.8. The Hall–Kier alpha value is -2.44. The highest BCUT2D eigenvalue weighted by atomic mass is 35.5. The number of likely N-dealkylation sites (N-methyl/N-ethyl adjacent to an activating group) is 1. The van der Waals surface area contributed by atoms with Crippen LogP contribution >= 0.6 is 23.8 Å². The highest BCUT2D eigenvalue weighted by Crippen LogP contribution is 2.24. The lowest BCUT2D eigenvalue weighted by atomic mass is 10.1. The number of rotatable bonds is 6. The SMILES string of the molecule is CCN1C(=O)[C@H](CC(=O)Nc2ccccc2)N(Cc2ccc(Cl)cc2)C1=S. The Balaban J connectivity index is 1.76. The third-order valence-corrected chi connectivity index (χ3v) is 5.13. The minimum Gasteiger partial charge on any atom is -0.332 e. The number of nitrogens with zero attached hydrogens (tertiary/aromatic N) is 2. The van der Waals surface area contributed by atoms with Gasteiger partial charge >= 0.3 is 0 Å². The molecule has 0 radical (unpaired) electrons. The van der Waals surface area contributed by atoms with Gasteiger partial charge < -0.3 is 10.2 Å². The van der Waals surface area contributed by atoms with E-state index >= 15 is 0 Å². The van der Waals surface area contributed by atoms with Crippen LogP contribution < -0.4 is 5.32 Å². The lowest BCUT2D eigenvalue weighted by molar-refractivity contribution is -0.130. The lowest BCUT2D eigenvalue weighted by Crippen LogP contribution is -2.37. The van der Waals surface area contributed by atoms with Gasteiger partial charge in [0.2, 0.25) is 5.91 Å². The molecule has 5 nitrogen and oxygen atoms in total. The molecule has 1 atom stereocenters. The van der Waals surface area contributed by atoms with E-state index in [4.69, 9.17) is 23.8 Å². The van der Waals surface area contributed by atoms with Crippen LogP contribution in [0.5, 0.6) is 0 Å². The Morgan fingerprint density at radius 1 is 1.15 bits per heavy atom. The van der Waals surface area contributed by atoms with E-state index in [9.17, 15) is 9.59 Å². The summed E-state index contributed by atoms with van der Waals surface area (Å²) in [5.74, 6) is -0.360. The Labute approximate surface area is 168 Å². The zero-order chi connectivity index (χ0) is 19.4. The molecule has 0 aromatic heterocycles. The second-order valence-electron chi connectivity index (χ2n) is 6.25. The van der Waals surface area contributed by atoms with E-state index in [-0.39, 0.29) is 18.2 Å². The molecule has 0 bridgehead atoms. The van der Waals surface area contributed by atoms with Crippen molar-refractivity contribution >= 4 is 46.4 Å². The van der Waals surface area contributed by atoms with Crippen LogP contribution in [0.1, 0.15) is 18.9 Å². The Morgan fingerprint density at radius 2 is 1.81 bits per heavy atom. The molecule has 0 spiro atoms. The summed E-state index contributed by atoms with van der Waals surface area (Å²) in [5, 5.41) is 3.93. The second kappa shape index (κ2) is 8.50. The fourth-order valence-electron chi connectivity index (χ4n) is 3.06. The number of anilines is 1. The van der Waals surface area contributed by atoms with Crippen molar-refractivity contribution in [3.63, 3.8) is 0 Å². The number of carbonyl (C=O) groups excluding carboxylic acids is 2. The summed E-state index contributed by atoms with van der Waals surface area (Å²) >= 11 is 11.4. The van der Waals surface area contributed by atoms with Gasteiger partial charge in [-0.15, -0.1) is 0 Å². The molecule has 3 rings (SSSR count). The van der Waals surface area contributed by atoms with Gasteiger partial charge in [-0.1, -0.05) is 41.9 Å². The Bertz CT molecular complexity index is 842. The first kappa shape index (κ1) is 19.3. The van der Waals surface area contributed by atoms with E-state index in [2.05, 4.69) is 5.32 Å².